The van der Waals surface area contributed by atoms with Gasteiger partial charge in [0.15, 0.2) is 0 Å². The smallest absolute Gasteiger partial charge is 0.410 e. The van der Waals surface area contributed by atoms with Crippen LogP contribution in [-0.2, 0) is 11.3 Å². The first-order valence-electron chi connectivity index (χ1n) is 8.25. The van der Waals surface area contributed by atoms with Crippen molar-refractivity contribution < 1.29 is 9.53 Å². The maximum absolute atomic E-state index is 12.1. The Balaban J connectivity index is 1.73. The number of hydrogen-bond donors (Lipinski definition) is 0. The van der Waals surface area contributed by atoms with E-state index in [0.717, 1.165) is 44.7 Å². The van der Waals surface area contributed by atoms with Gasteiger partial charge in [0.1, 0.15) is 5.60 Å². The Kier molecular flexibility index (Phi) is 5.93. The molecule has 1 saturated heterocycles. The number of ether oxygens (including phenoxy) is 1. The van der Waals surface area contributed by atoms with Crippen molar-refractivity contribution in [2.24, 2.45) is 5.92 Å². The van der Waals surface area contributed by atoms with Gasteiger partial charge in [-0.2, -0.15) is 0 Å². The second-order valence-electron chi connectivity index (χ2n) is 7.30. The highest BCUT2D eigenvalue weighted by Crippen LogP contribution is 2.20. The standard InChI is InChI=1S/C17H28N4O2/c1-17(2,3)23-16(22)21-9-5-14(6-10-21)12-20(4)13-15-11-18-7-8-19-15/h7-8,11,14H,5-6,9-10,12-13H2,1-4H3. The molecule has 128 valence electrons. The number of aromatic nitrogens is 2. The van der Waals surface area contributed by atoms with Crippen LogP contribution in [0.3, 0.4) is 0 Å². The quantitative estimate of drug-likeness (QED) is 0.853. The van der Waals surface area contributed by atoms with Gasteiger partial charge in [0.2, 0.25) is 0 Å². The third-order valence-electron chi connectivity index (χ3n) is 3.88. The lowest BCUT2D eigenvalue weighted by Crippen LogP contribution is -2.43. The Morgan fingerprint density at radius 1 is 1.35 bits per heavy atom. The summed E-state index contributed by atoms with van der Waals surface area (Å²) >= 11 is 0. The van der Waals surface area contributed by atoms with Crippen molar-refractivity contribution in [3.63, 3.8) is 0 Å². The summed E-state index contributed by atoms with van der Waals surface area (Å²) in [5.74, 6) is 0.607. The molecule has 1 aromatic rings. The Morgan fingerprint density at radius 2 is 2.04 bits per heavy atom. The molecule has 0 N–H and O–H groups in total. The Morgan fingerprint density at radius 3 is 2.61 bits per heavy atom. The van der Waals surface area contributed by atoms with E-state index in [1.165, 1.54) is 0 Å². The number of amides is 1. The largest absolute Gasteiger partial charge is 0.444 e. The van der Waals surface area contributed by atoms with E-state index in [-0.39, 0.29) is 6.09 Å². The van der Waals surface area contributed by atoms with Crippen LogP contribution in [0, 0.1) is 5.92 Å². The first kappa shape index (κ1) is 17.7. The molecular formula is C17H28N4O2. The Bertz CT molecular complexity index is 493. The third-order valence-corrected chi connectivity index (χ3v) is 3.88. The Hall–Kier alpha value is -1.69. The summed E-state index contributed by atoms with van der Waals surface area (Å²) in [6.45, 7) is 9.08. The van der Waals surface area contributed by atoms with Crippen molar-refractivity contribution in [1.29, 1.82) is 0 Å². The predicted octanol–water partition coefficient (Wildman–Crippen LogP) is 2.56. The van der Waals surface area contributed by atoms with Gasteiger partial charge in [0.05, 0.1) is 5.69 Å². The van der Waals surface area contributed by atoms with E-state index in [2.05, 4.69) is 21.9 Å². The van der Waals surface area contributed by atoms with Gasteiger partial charge in [-0.15, -0.1) is 0 Å². The predicted molar refractivity (Wildman–Crippen MR) is 88.9 cm³/mol. The fraction of sp³-hybridized carbons (Fsp3) is 0.706. The molecule has 0 aromatic carbocycles. The van der Waals surface area contributed by atoms with E-state index in [1.807, 2.05) is 31.9 Å². The van der Waals surface area contributed by atoms with E-state index in [9.17, 15) is 4.79 Å². The zero-order valence-electron chi connectivity index (χ0n) is 14.7. The molecule has 23 heavy (non-hydrogen) atoms. The summed E-state index contributed by atoms with van der Waals surface area (Å²) in [5, 5.41) is 0. The fourth-order valence-corrected chi connectivity index (χ4v) is 2.82. The van der Waals surface area contributed by atoms with Crippen LogP contribution in [0.4, 0.5) is 4.79 Å². The summed E-state index contributed by atoms with van der Waals surface area (Å²) in [4.78, 5) is 24.6. The van der Waals surface area contributed by atoms with Gasteiger partial charge in [-0.25, -0.2) is 4.79 Å². The van der Waals surface area contributed by atoms with Gasteiger partial charge in [0, 0.05) is 44.8 Å². The monoisotopic (exact) mass is 320 g/mol. The number of nitrogens with zero attached hydrogens (tertiary/aromatic N) is 4. The van der Waals surface area contributed by atoms with Crippen molar-refractivity contribution in [2.75, 3.05) is 26.7 Å². The Labute approximate surface area is 138 Å². The molecule has 0 aliphatic carbocycles. The van der Waals surface area contributed by atoms with E-state index in [4.69, 9.17) is 4.74 Å². The minimum atomic E-state index is -0.426. The average molecular weight is 320 g/mol. The number of carbonyl (C=O) groups is 1. The number of rotatable bonds is 4. The number of piperidine rings is 1. The van der Waals surface area contributed by atoms with Crippen LogP contribution in [-0.4, -0.2) is 58.1 Å². The molecule has 2 heterocycles. The van der Waals surface area contributed by atoms with Crippen molar-refractivity contribution in [2.45, 2.75) is 45.8 Å². The van der Waals surface area contributed by atoms with Gasteiger partial charge in [0.25, 0.3) is 0 Å². The van der Waals surface area contributed by atoms with Crippen molar-refractivity contribution in [1.82, 2.24) is 19.8 Å². The number of hydrogen-bond acceptors (Lipinski definition) is 5. The normalized spacial score (nSPS) is 16.7. The van der Waals surface area contributed by atoms with Crippen molar-refractivity contribution in [3.05, 3.63) is 24.3 Å². The summed E-state index contributed by atoms with van der Waals surface area (Å²) in [7, 11) is 2.11. The molecule has 0 radical (unpaired) electrons. The third kappa shape index (κ3) is 6.14. The molecule has 0 spiro atoms. The maximum atomic E-state index is 12.1. The highest BCUT2D eigenvalue weighted by atomic mass is 16.6. The lowest BCUT2D eigenvalue weighted by atomic mass is 9.96. The van der Waals surface area contributed by atoms with Crippen LogP contribution >= 0.6 is 0 Å². The van der Waals surface area contributed by atoms with E-state index in [1.54, 1.807) is 12.4 Å². The molecule has 1 aromatic heterocycles. The van der Waals surface area contributed by atoms with Gasteiger partial charge < -0.3 is 14.5 Å². The molecule has 0 unspecified atom stereocenters. The second kappa shape index (κ2) is 7.73. The van der Waals surface area contributed by atoms with Crippen LogP contribution in [0.25, 0.3) is 0 Å². The molecule has 1 amide bonds. The second-order valence-corrected chi connectivity index (χ2v) is 7.30. The molecular weight excluding hydrogens is 292 g/mol. The van der Waals surface area contributed by atoms with E-state index < -0.39 is 5.60 Å². The molecule has 1 aliphatic rings. The molecule has 0 atom stereocenters. The van der Waals surface area contributed by atoms with Crippen LogP contribution < -0.4 is 0 Å². The molecule has 1 aliphatic heterocycles. The van der Waals surface area contributed by atoms with E-state index in [0.29, 0.717) is 5.92 Å². The lowest BCUT2D eigenvalue weighted by molar-refractivity contribution is 0.0172. The van der Waals surface area contributed by atoms with Crippen molar-refractivity contribution in [3.8, 4) is 0 Å². The molecule has 6 nitrogen and oxygen atoms in total. The summed E-state index contributed by atoms with van der Waals surface area (Å²) in [6.07, 6.45) is 7.07. The highest BCUT2D eigenvalue weighted by Gasteiger charge is 2.27. The summed E-state index contributed by atoms with van der Waals surface area (Å²) in [6, 6.07) is 0. The molecule has 2 rings (SSSR count). The zero-order chi connectivity index (χ0) is 16.9. The first-order valence-corrected chi connectivity index (χ1v) is 8.25. The summed E-state index contributed by atoms with van der Waals surface area (Å²) < 4.78 is 5.43. The van der Waals surface area contributed by atoms with Crippen molar-refractivity contribution >= 4 is 6.09 Å². The van der Waals surface area contributed by atoms with Gasteiger partial charge in [-0.05, 0) is 46.6 Å². The van der Waals surface area contributed by atoms with Gasteiger partial charge >= 0.3 is 6.09 Å². The molecule has 0 saturated carbocycles. The minimum absolute atomic E-state index is 0.191. The van der Waals surface area contributed by atoms with Crippen LogP contribution in [0.5, 0.6) is 0 Å². The fourth-order valence-electron chi connectivity index (χ4n) is 2.82. The van der Waals surface area contributed by atoms with E-state index >= 15 is 0 Å². The lowest BCUT2D eigenvalue weighted by Gasteiger charge is -2.34. The van der Waals surface area contributed by atoms with Crippen LogP contribution in [0.2, 0.25) is 0 Å². The average Bonchev–Trinajstić information content (AvgIpc) is 2.47. The SMILES string of the molecule is CN(Cc1cnccn1)CC1CCN(C(=O)OC(C)(C)C)CC1. The van der Waals surface area contributed by atoms with Crippen LogP contribution in [0.15, 0.2) is 18.6 Å². The number of likely N-dealkylation sites (tertiary alicyclic amines) is 1. The van der Waals surface area contributed by atoms with Gasteiger partial charge in [-0.3, -0.25) is 9.97 Å². The summed E-state index contributed by atoms with van der Waals surface area (Å²) in [5.41, 5.74) is 0.561. The zero-order valence-corrected chi connectivity index (χ0v) is 14.7. The van der Waals surface area contributed by atoms with Gasteiger partial charge in [-0.1, -0.05) is 0 Å². The highest BCUT2D eigenvalue weighted by molar-refractivity contribution is 5.68. The first-order chi connectivity index (χ1) is 10.8. The minimum Gasteiger partial charge on any atom is -0.444 e. The molecule has 6 heteroatoms. The maximum Gasteiger partial charge on any atom is 0.410 e. The number of carbonyl (C=O) groups excluding carboxylic acids is 1. The topological polar surface area (TPSA) is 58.6 Å². The molecule has 1 fully saturated rings. The molecule has 0 bridgehead atoms. The van der Waals surface area contributed by atoms with Crippen LogP contribution in [0.1, 0.15) is 39.3 Å².